The fourth-order valence-corrected chi connectivity index (χ4v) is 3.43. The lowest BCUT2D eigenvalue weighted by Gasteiger charge is -2.13. The van der Waals surface area contributed by atoms with Crippen molar-refractivity contribution in [2.24, 2.45) is 0 Å². The van der Waals surface area contributed by atoms with Gasteiger partial charge in [0, 0.05) is 16.2 Å². The summed E-state index contributed by atoms with van der Waals surface area (Å²) < 4.78 is 33.5. The molecule has 0 bridgehead atoms. The Kier molecular flexibility index (Phi) is 5.23. The second-order valence-electron chi connectivity index (χ2n) is 4.65. The minimum atomic E-state index is -3.60. The highest BCUT2D eigenvalue weighted by molar-refractivity contribution is 14.1. The first-order chi connectivity index (χ1) is 9.92. The average Bonchev–Trinajstić information content (AvgIpc) is 2.42. The maximum absolute atomic E-state index is 12.4. The highest BCUT2D eigenvalue weighted by Crippen LogP contribution is 2.23. The molecule has 0 amide bonds. The number of ether oxygens (including phenoxy) is 1. The normalized spacial score (nSPS) is 11.4. The second-order valence-corrected chi connectivity index (χ2v) is 7.58. The minimum Gasteiger partial charge on any atom is -0.380 e. The minimum absolute atomic E-state index is 0.246. The Labute approximate surface area is 138 Å². The topological polar surface area (TPSA) is 55.4 Å². The molecule has 6 heteroatoms. The Morgan fingerprint density at radius 3 is 2.43 bits per heavy atom. The summed E-state index contributed by atoms with van der Waals surface area (Å²) in [6.45, 7) is 2.27. The van der Waals surface area contributed by atoms with Crippen molar-refractivity contribution in [1.29, 1.82) is 0 Å². The van der Waals surface area contributed by atoms with E-state index in [1.54, 1.807) is 37.4 Å². The molecule has 112 valence electrons. The summed E-state index contributed by atoms with van der Waals surface area (Å²) >= 11 is 2.15. The Hall–Kier alpha value is -1.12. The summed E-state index contributed by atoms with van der Waals surface area (Å²) in [6.07, 6.45) is 0. The van der Waals surface area contributed by atoms with E-state index in [0.717, 1.165) is 14.7 Å². The molecule has 0 radical (unpaired) electrons. The zero-order chi connectivity index (χ0) is 15.5. The number of halogens is 1. The standard InChI is InChI=1S/C15H16INO3S/c1-11-3-7-14(8-4-11)21(18,19)17-15-9-13(16)6-5-12(15)10-20-2/h3-9,17H,10H2,1-2H3. The smallest absolute Gasteiger partial charge is 0.261 e. The van der Waals surface area contributed by atoms with Gasteiger partial charge < -0.3 is 4.74 Å². The highest BCUT2D eigenvalue weighted by atomic mass is 127. The van der Waals surface area contributed by atoms with Crippen LogP contribution in [-0.4, -0.2) is 15.5 Å². The van der Waals surface area contributed by atoms with Crippen molar-refractivity contribution in [2.75, 3.05) is 11.8 Å². The van der Waals surface area contributed by atoms with Gasteiger partial charge in [-0.3, -0.25) is 4.72 Å². The Bertz CT molecular complexity index is 727. The molecule has 1 N–H and O–H groups in total. The van der Waals surface area contributed by atoms with Gasteiger partial charge in [-0.05, 0) is 53.8 Å². The number of hydrogen-bond donors (Lipinski definition) is 1. The lowest BCUT2D eigenvalue weighted by atomic mass is 10.2. The van der Waals surface area contributed by atoms with E-state index in [4.69, 9.17) is 4.74 Å². The predicted octanol–water partition coefficient (Wildman–Crippen LogP) is 3.55. The molecule has 0 atom stereocenters. The van der Waals surface area contributed by atoms with E-state index in [0.29, 0.717) is 12.3 Å². The summed E-state index contributed by atoms with van der Waals surface area (Å²) in [7, 11) is -2.02. The van der Waals surface area contributed by atoms with Crippen LogP contribution in [0.5, 0.6) is 0 Å². The molecule has 2 aromatic carbocycles. The van der Waals surface area contributed by atoms with Crippen molar-refractivity contribution in [3.63, 3.8) is 0 Å². The molecule has 0 heterocycles. The van der Waals surface area contributed by atoms with E-state index in [-0.39, 0.29) is 4.90 Å². The van der Waals surface area contributed by atoms with Crippen LogP contribution in [0.2, 0.25) is 0 Å². The molecule has 0 fully saturated rings. The van der Waals surface area contributed by atoms with Crippen LogP contribution in [-0.2, 0) is 21.4 Å². The molecular weight excluding hydrogens is 401 g/mol. The van der Waals surface area contributed by atoms with Crippen molar-refractivity contribution < 1.29 is 13.2 Å². The number of sulfonamides is 1. The van der Waals surface area contributed by atoms with Crippen LogP contribution in [0.4, 0.5) is 5.69 Å². The van der Waals surface area contributed by atoms with Crippen LogP contribution in [0, 0.1) is 10.5 Å². The van der Waals surface area contributed by atoms with Crippen molar-refractivity contribution in [2.45, 2.75) is 18.4 Å². The number of hydrogen-bond acceptors (Lipinski definition) is 3. The van der Waals surface area contributed by atoms with Gasteiger partial charge in [0.05, 0.1) is 17.2 Å². The Balaban J connectivity index is 2.36. The lowest BCUT2D eigenvalue weighted by molar-refractivity contribution is 0.185. The molecule has 0 aromatic heterocycles. The molecular formula is C15H16INO3S. The van der Waals surface area contributed by atoms with Gasteiger partial charge in [-0.2, -0.15) is 0 Å². The third-order valence-electron chi connectivity index (χ3n) is 2.95. The molecule has 0 spiro atoms. The van der Waals surface area contributed by atoms with Gasteiger partial charge in [-0.15, -0.1) is 0 Å². The van der Waals surface area contributed by atoms with Crippen molar-refractivity contribution in [1.82, 2.24) is 0 Å². The van der Waals surface area contributed by atoms with Gasteiger partial charge in [0.2, 0.25) is 0 Å². The molecule has 0 saturated heterocycles. The van der Waals surface area contributed by atoms with Crippen LogP contribution in [0.3, 0.4) is 0 Å². The van der Waals surface area contributed by atoms with Gasteiger partial charge in [0.25, 0.3) is 10.0 Å². The zero-order valence-electron chi connectivity index (χ0n) is 11.8. The summed E-state index contributed by atoms with van der Waals surface area (Å²) in [5.74, 6) is 0. The monoisotopic (exact) mass is 417 g/mol. The van der Waals surface area contributed by atoms with E-state index in [2.05, 4.69) is 27.3 Å². The first-order valence-electron chi connectivity index (χ1n) is 6.29. The largest absolute Gasteiger partial charge is 0.380 e. The fraction of sp³-hybridized carbons (Fsp3) is 0.200. The van der Waals surface area contributed by atoms with Crippen LogP contribution in [0.25, 0.3) is 0 Å². The third kappa shape index (κ3) is 4.18. The maximum Gasteiger partial charge on any atom is 0.261 e. The molecule has 21 heavy (non-hydrogen) atoms. The fourth-order valence-electron chi connectivity index (χ4n) is 1.85. The Morgan fingerprint density at radius 2 is 1.81 bits per heavy atom. The van der Waals surface area contributed by atoms with E-state index >= 15 is 0 Å². The van der Waals surface area contributed by atoms with E-state index in [1.807, 2.05) is 19.1 Å². The maximum atomic E-state index is 12.4. The Morgan fingerprint density at radius 1 is 1.14 bits per heavy atom. The van der Waals surface area contributed by atoms with Gasteiger partial charge >= 0.3 is 0 Å². The quantitative estimate of drug-likeness (QED) is 0.758. The van der Waals surface area contributed by atoms with Gasteiger partial charge in [-0.1, -0.05) is 23.8 Å². The van der Waals surface area contributed by atoms with Gasteiger partial charge in [0.1, 0.15) is 0 Å². The molecule has 2 rings (SSSR count). The molecule has 0 saturated carbocycles. The van der Waals surface area contributed by atoms with Gasteiger partial charge in [-0.25, -0.2) is 8.42 Å². The summed E-state index contributed by atoms with van der Waals surface area (Å²) in [5.41, 5.74) is 2.36. The SMILES string of the molecule is COCc1ccc(I)cc1NS(=O)(=O)c1ccc(C)cc1. The van der Waals surface area contributed by atoms with Crippen LogP contribution in [0.1, 0.15) is 11.1 Å². The van der Waals surface area contributed by atoms with Crippen LogP contribution >= 0.6 is 22.6 Å². The highest BCUT2D eigenvalue weighted by Gasteiger charge is 2.16. The van der Waals surface area contributed by atoms with Crippen LogP contribution < -0.4 is 4.72 Å². The van der Waals surface area contributed by atoms with Crippen molar-refractivity contribution in [3.8, 4) is 0 Å². The number of methoxy groups -OCH3 is 1. The van der Waals surface area contributed by atoms with Crippen molar-refractivity contribution in [3.05, 3.63) is 57.2 Å². The summed E-state index contributed by atoms with van der Waals surface area (Å²) in [4.78, 5) is 0.246. The summed E-state index contributed by atoms with van der Waals surface area (Å²) in [5, 5.41) is 0. The van der Waals surface area contributed by atoms with Crippen molar-refractivity contribution >= 4 is 38.3 Å². The molecule has 0 aliphatic carbocycles. The predicted molar refractivity (Wildman–Crippen MR) is 91.9 cm³/mol. The number of benzene rings is 2. The van der Waals surface area contributed by atoms with E-state index in [9.17, 15) is 8.42 Å². The van der Waals surface area contributed by atoms with Gasteiger partial charge in [0.15, 0.2) is 0 Å². The molecule has 0 unspecified atom stereocenters. The number of rotatable bonds is 5. The number of anilines is 1. The lowest BCUT2D eigenvalue weighted by Crippen LogP contribution is -2.14. The molecule has 0 aliphatic heterocycles. The molecule has 0 aliphatic rings. The third-order valence-corrected chi connectivity index (χ3v) is 5.00. The second kappa shape index (κ2) is 6.76. The zero-order valence-corrected chi connectivity index (χ0v) is 14.7. The van der Waals surface area contributed by atoms with Crippen LogP contribution in [0.15, 0.2) is 47.4 Å². The first kappa shape index (κ1) is 16.3. The molecule has 4 nitrogen and oxygen atoms in total. The van der Waals surface area contributed by atoms with E-state index in [1.165, 1.54) is 0 Å². The number of aryl methyl sites for hydroxylation is 1. The first-order valence-corrected chi connectivity index (χ1v) is 8.85. The van der Waals surface area contributed by atoms with E-state index < -0.39 is 10.0 Å². The summed E-state index contributed by atoms with van der Waals surface area (Å²) in [6, 6.07) is 12.3. The molecule has 2 aromatic rings. The average molecular weight is 417 g/mol. The number of nitrogens with one attached hydrogen (secondary N) is 1.